The van der Waals surface area contributed by atoms with E-state index in [0.717, 1.165) is 0 Å². The molecule has 158 valence electrons. The second-order valence-corrected chi connectivity index (χ2v) is 9.87. The van der Waals surface area contributed by atoms with Crippen LogP contribution in [-0.4, -0.2) is 31.4 Å². The van der Waals surface area contributed by atoms with Gasteiger partial charge in [-0.2, -0.15) is 0 Å². The number of imide groups is 1. The Labute approximate surface area is 175 Å². The quantitative estimate of drug-likeness (QED) is 0.290. The van der Waals surface area contributed by atoms with E-state index in [-0.39, 0.29) is 22.3 Å². The smallest absolute Gasteiger partial charge is 0.321 e. The second-order valence-electron chi connectivity index (χ2n) is 6.80. The molecule has 0 spiro atoms. The Balaban J connectivity index is 2.37. The topological polar surface area (TPSA) is 161 Å². The van der Waals surface area contributed by atoms with Crippen LogP contribution in [0.5, 0.6) is 0 Å². The molecule has 1 heterocycles. The fourth-order valence-corrected chi connectivity index (χ4v) is 6.34. The van der Waals surface area contributed by atoms with Gasteiger partial charge in [-0.3, -0.25) is 24.0 Å². The summed E-state index contributed by atoms with van der Waals surface area (Å²) in [5.74, 6) is -2.05. The molecule has 4 rings (SSSR count). The zero-order valence-electron chi connectivity index (χ0n) is 15.6. The van der Waals surface area contributed by atoms with Gasteiger partial charge in [0.1, 0.15) is 0 Å². The lowest BCUT2D eigenvalue weighted by atomic mass is 9.88. The van der Waals surface area contributed by atoms with E-state index in [9.17, 15) is 38.3 Å². The van der Waals surface area contributed by atoms with Crippen LogP contribution in [0.1, 0.15) is 20.7 Å². The number of carbonyl (C=O) groups excluding carboxylic acids is 2. The maximum atomic E-state index is 12.7. The highest BCUT2D eigenvalue weighted by molar-refractivity contribution is 7.67. The van der Waals surface area contributed by atoms with Crippen molar-refractivity contribution in [3.63, 3.8) is 0 Å². The highest BCUT2D eigenvalue weighted by Gasteiger charge is 2.46. The van der Waals surface area contributed by atoms with E-state index in [4.69, 9.17) is 0 Å². The van der Waals surface area contributed by atoms with Crippen LogP contribution >= 0.6 is 15.2 Å². The zero-order chi connectivity index (χ0) is 22.6. The standard InChI is InChI=1S/C20H15NO8P2/c22-19-15-13(11-7-3-1-4-8-11)14(12-9-5-2-6-10-12)17(30(24,25)26)18(31(27,28)29)16(15)20(23)21-19/h1-10H,(H,21,22,23)(H2,24,25,26)(H2,27,28,29). The largest absolute Gasteiger partial charge is 0.358 e. The highest BCUT2D eigenvalue weighted by atomic mass is 31.2. The number of hydrogen-bond acceptors (Lipinski definition) is 4. The predicted molar refractivity (Wildman–Crippen MR) is 112 cm³/mol. The Hall–Kier alpha value is -2.90. The van der Waals surface area contributed by atoms with Gasteiger partial charge in [-0.1, -0.05) is 60.7 Å². The summed E-state index contributed by atoms with van der Waals surface area (Å²) in [4.78, 5) is 65.6. The van der Waals surface area contributed by atoms with Gasteiger partial charge >= 0.3 is 15.2 Å². The van der Waals surface area contributed by atoms with Gasteiger partial charge in [0.25, 0.3) is 11.8 Å². The Morgan fingerprint density at radius 3 is 1.39 bits per heavy atom. The molecular formula is C20H15NO8P2. The minimum absolute atomic E-state index is 0.000625. The van der Waals surface area contributed by atoms with Crippen molar-refractivity contribution in [3.05, 3.63) is 71.8 Å². The maximum absolute atomic E-state index is 12.7. The van der Waals surface area contributed by atoms with Crippen molar-refractivity contribution in [1.82, 2.24) is 5.32 Å². The minimum atomic E-state index is -5.42. The van der Waals surface area contributed by atoms with Gasteiger partial charge in [-0.05, 0) is 11.1 Å². The molecule has 11 heteroatoms. The summed E-state index contributed by atoms with van der Waals surface area (Å²) in [7, 11) is -10.8. The highest BCUT2D eigenvalue weighted by Crippen LogP contribution is 2.49. The summed E-state index contributed by atoms with van der Waals surface area (Å²) in [5.41, 5.74) is -0.734. The van der Waals surface area contributed by atoms with Crippen molar-refractivity contribution < 1.29 is 38.3 Å². The van der Waals surface area contributed by atoms with Crippen molar-refractivity contribution >= 4 is 37.6 Å². The van der Waals surface area contributed by atoms with Crippen LogP contribution in [0.3, 0.4) is 0 Å². The summed E-state index contributed by atoms with van der Waals surface area (Å²) in [6.07, 6.45) is 0. The number of benzene rings is 3. The van der Waals surface area contributed by atoms with Crippen molar-refractivity contribution in [2.45, 2.75) is 0 Å². The molecule has 0 aromatic heterocycles. The molecule has 0 bridgehead atoms. The van der Waals surface area contributed by atoms with Gasteiger partial charge in [0.15, 0.2) is 0 Å². The van der Waals surface area contributed by atoms with E-state index in [2.05, 4.69) is 0 Å². The van der Waals surface area contributed by atoms with E-state index in [1.807, 2.05) is 5.32 Å². The lowest BCUT2D eigenvalue weighted by molar-refractivity contribution is 0.0880. The molecule has 3 aromatic carbocycles. The zero-order valence-corrected chi connectivity index (χ0v) is 17.4. The fraction of sp³-hybridized carbons (Fsp3) is 0. The van der Waals surface area contributed by atoms with Crippen LogP contribution in [0, 0.1) is 0 Å². The van der Waals surface area contributed by atoms with Crippen LogP contribution in [0.4, 0.5) is 0 Å². The minimum Gasteiger partial charge on any atom is -0.321 e. The van der Waals surface area contributed by atoms with Crippen LogP contribution in [0.25, 0.3) is 22.3 Å². The molecule has 9 nitrogen and oxygen atoms in total. The van der Waals surface area contributed by atoms with Crippen molar-refractivity contribution in [2.75, 3.05) is 0 Å². The lowest BCUT2D eigenvalue weighted by Crippen LogP contribution is -2.34. The third-order valence-electron chi connectivity index (χ3n) is 4.84. The molecule has 1 aliphatic heterocycles. The van der Waals surface area contributed by atoms with Gasteiger partial charge in [-0.15, -0.1) is 0 Å². The van der Waals surface area contributed by atoms with Crippen molar-refractivity contribution in [1.29, 1.82) is 0 Å². The average Bonchev–Trinajstić information content (AvgIpc) is 3.00. The van der Waals surface area contributed by atoms with E-state index >= 15 is 0 Å². The van der Waals surface area contributed by atoms with Crippen LogP contribution in [0.15, 0.2) is 60.7 Å². The normalized spacial score (nSPS) is 13.8. The Kier molecular flexibility index (Phi) is 5.06. The number of carbonyl (C=O) groups is 2. The molecule has 5 N–H and O–H groups in total. The Morgan fingerprint density at radius 1 is 0.548 bits per heavy atom. The summed E-state index contributed by atoms with van der Waals surface area (Å²) in [6.45, 7) is 0. The number of amides is 2. The predicted octanol–water partition coefficient (Wildman–Crippen LogP) is 1.51. The molecule has 3 aromatic rings. The molecule has 2 amide bonds. The van der Waals surface area contributed by atoms with E-state index in [0.29, 0.717) is 5.56 Å². The maximum Gasteiger partial charge on any atom is 0.358 e. The first-order chi connectivity index (χ1) is 14.5. The molecule has 31 heavy (non-hydrogen) atoms. The van der Waals surface area contributed by atoms with Crippen molar-refractivity contribution in [2.24, 2.45) is 0 Å². The van der Waals surface area contributed by atoms with Gasteiger partial charge in [0, 0.05) is 11.1 Å². The number of hydrogen-bond donors (Lipinski definition) is 5. The fourth-order valence-electron chi connectivity index (χ4n) is 3.75. The van der Waals surface area contributed by atoms with Gasteiger partial charge < -0.3 is 19.6 Å². The van der Waals surface area contributed by atoms with E-state index in [1.165, 1.54) is 12.1 Å². The molecular weight excluding hydrogens is 444 g/mol. The average molecular weight is 459 g/mol. The van der Waals surface area contributed by atoms with Gasteiger partial charge in [0.2, 0.25) is 0 Å². The van der Waals surface area contributed by atoms with Crippen LogP contribution < -0.4 is 15.9 Å². The van der Waals surface area contributed by atoms with Crippen molar-refractivity contribution in [3.8, 4) is 22.3 Å². The third kappa shape index (κ3) is 3.58. The number of nitrogens with one attached hydrogen (secondary N) is 1. The first kappa shape index (κ1) is 21.3. The monoisotopic (exact) mass is 459 g/mol. The van der Waals surface area contributed by atoms with E-state index < -0.39 is 43.2 Å². The summed E-state index contributed by atoms with van der Waals surface area (Å²) < 4.78 is 25.0. The van der Waals surface area contributed by atoms with E-state index in [1.54, 1.807) is 48.5 Å². The molecule has 0 saturated heterocycles. The van der Waals surface area contributed by atoms with Crippen LogP contribution in [-0.2, 0) is 9.13 Å². The number of rotatable bonds is 4. The third-order valence-corrected chi connectivity index (χ3v) is 7.07. The molecule has 0 radical (unpaired) electrons. The summed E-state index contributed by atoms with van der Waals surface area (Å²) in [6, 6.07) is 15.8. The summed E-state index contributed by atoms with van der Waals surface area (Å²) >= 11 is 0. The molecule has 0 fully saturated rings. The molecule has 0 aliphatic carbocycles. The molecule has 1 aliphatic rings. The first-order valence-corrected chi connectivity index (χ1v) is 12.1. The SMILES string of the molecule is O=C1NC(=O)c2c1c(-c1ccccc1)c(-c1ccccc1)c(P(=O)(O)O)c2P(=O)(O)O. The lowest BCUT2D eigenvalue weighted by Gasteiger charge is -2.23. The number of fused-ring (bicyclic) bond motifs is 1. The Morgan fingerprint density at radius 2 is 0.935 bits per heavy atom. The second kappa shape index (κ2) is 7.35. The first-order valence-electron chi connectivity index (χ1n) is 8.84. The molecule has 0 saturated carbocycles. The molecule has 0 atom stereocenters. The Bertz CT molecular complexity index is 1330. The van der Waals surface area contributed by atoms with Crippen LogP contribution in [0.2, 0.25) is 0 Å². The van der Waals surface area contributed by atoms with Gasteiger partial charge in [0.05, 0.1) is 21.7 Å². The summed E-state index contributed by atoms with van der Waals surface area (Å²) in [5, 5.41) is -0.130. The van der Waals surface area contributed by atoms with Gasteiger partial charge in [-0.25, -0.2) is 0 Å². The molecule has 0 unspecified atom stereocenters.